The SMILES string of the molecule is CCCCCCCCCCc1sccc1C1=CCNC(C2=CC(C(F)(F)F)NN2)=C1. The van der Waals surface area contributed by atoms with Crippen molar-refractivity contribution in [2.45, 2.75) is 76.9 Å². The molecule has 2 aliphatic heterocycles. The average molecular weight is 440 g/mol. The Labute approximate surface area is 181 Å². The van der Waals surface area contributed by atoms with Crippen molar-refractivity contribution in [3.05, 3.63) is 51.5 Å². The molecule has 1 aromatic heterocycles. The molecule has 0 bridgehead atoms. The van der Waals surface area contributed by atoms with Gasteiger partial charge in [0.25, 0.3) is 0 Å². The fourth-order valence-corrected chi connectivity index (χ4v) is 4.79. The molecule has 2 aliphatic rings. The molecule has 3 nitrogen and oxygen atoms in total. The van der Waals surface area contributed by atoms with Crippen molar-refractivity contribution in [3.8, 4) is 0 Å². The van der Waals surface area contributed by atoms with Crippen LogP contribution in [0.2, 0.25) is 0 Å². The lowest BCUT2D eigenvalue weighted by atomic mass is 9.99. The number of nitrogens with one attached hydrogen (secondary N) is 3. The normalized spacial score (nSPS) is 19.1. The summed E-state index contributed by atoms with van der Waals surface area (Å²) in [6.07, 6.45) is 12.4. The van der Waals surface area contributed by atoms with E-state index in [4.69, 9.17) is 0 Å². The second-order valence-corrected chi connectivity index (χ2v) is 8.95. The third-order valence-corrected chi connectivity index (χ3v) is 6.55. The molecule has 0 aromatic carbocycles. The van der Waals surface area contributed by atoms with Crippen LogP contribution in [0.15, 0.2) is 41.1 Å². The predicted molar refractivity (Wildman–Crippen MR) is 119 cm³/mol. The van der Waals surface area contributed by atoms with E-state index in [0.29, 0.717) is 17.9 Å². The zero-order valence-electron chi connectivity index (χ0n) is 17.6. The highest BCUT2D eigenvalue weighted by molar-refractivity contribution is 7.10. The number of hydrogen-bond donors (Lipinski definition) is 3. The van der Waals surface area contributed by atoms with E-state index in [1.54, 1.807) is 11.3 Å². The molecule has 3 heterocycles. The fourth-order valence-electron chi connectivity index (χ4n) is 3.85. The van der Waals surface area contributed by atoms with Gasteiger partial charge >= 0.3 is 6.18 Å². The average Bonchev–Trinajstić information content (AvgIpc) is 3.40. The third kappa shape index (κ3) is 6.38. The quantitative estimate of drug-likeness (QED) is 0.358. The molecule has 0 saturated heterocycles. The summed E-state index contributed by atoms with van der Waals surface area (Å²) in [5.74, 6) is 0. The molecule has 1 unspecified atom stereocenters. The highest BCUT2D eigenvalue weighted by atomic mass is 32.1. The van der Waals surface area contributed by atoms with Crippen LogP contribution in [0.1, 0.15) is 68.7 Å². The van der Waals surface area contributed by atoms with Gasteiger partial charge in [-0.1, -0.05) is 57.9 Å². The maximum Gasteiger partial charge on any atom is 0.409 e. The maximum atomic E-state index is 12.9. The third-order valence-electron chi connectivity index (χ3n) is 5.57. The first-order valence-corrected chi connectivity index (χ1v) is 11.9. The summed E-state index contributed by atoms with van der Waals surface area (Å²) in [7, 11) is 0. The summed E-state index contributed by atoms with van der Waals surface area (Å²) >= 11 is 1.77. The van der Waals surface area contributed by atoms with Crippen molar-refractivity contribution < 1.29 is 13.2 Å². The minimum absolute atomic E-state index is 0.447. The summed E-state index contributed by atoms with van der Waals surface area (Å²) in [6.45, 7) is 2.84. The largest absolute Gasteiger partial charge is 0.409 e. The lowest BCUT2D eigenvalue weighted by Gasteiger charge is -2.18. The van der Waals surface area contributed by atoms with Crippen molar-refractivity contribution in [1.29, 1.82) is 0 Å². The van der Waals surface area contributed by atoms with E-state index in [0.717, 1.165) is 12.0 Å². The van der Waals surface area contributed by atoms with Gasteiger partial charge in [-0.2, -0.15) is 13.2 Å². The molecule has 0 amide bonds. The molecule has 0 radical (unpaired) electrons. The van der Waals surface area contributed by atoms with Gasteiger partial charge in [0, 0.05) is 11.4 Å². The Balaban J connectivity index is 1.54. The number of thiophene rings is 1. The monoisotopic (exact) mass is 439 g/mol. The van der Waals surface area contributed by atoms with Gasteiger partial charge in [0.1, 0.15) is 6.04 Å². The number of aryl methyl sites for hydroxylation is 1. The Bertz CT molecular complexity index is 777. The van der Waals surface area contributed by atoms with Crippen molar-refractivity contribution in [2.75, 3.05) is 6.54 Å². The molecule has 0 fully saturated rings. The van der Waals surface area contributed by atoms with Gasteiger partial charge in [0.15, 0.2) is 0 Å². The zero-order valence-corrected chi connectivity index (χ0v) is 18.4. The summed E-state index contributed by atoms with van der Waals surface area (Å²) in [6, 6.07) is 0.465. The number of dihydropyridines is 1. The number of unbranched alkanes of at least 4 members (excludes halogenated alkanes) is 7. The Hall–Kier alpha value is -1.73. The molecular weight excluding hydrogens is 407 g/mol. The minimum atomic E-state index is -4.31. The molecule has 3 N–H and O–H groups in total. The van der Waals surface area contributed by atoms with Crippen LogP contribution in [0.4, 0.5) is 13.2 Å². The molecule has 0 spiro atoms. The van der Waals surface area contributed by atoms with Crippen LogP contribution in [-0.2, 0) is 6.42 Å². The number of rotatable bonds is 11. The molecule has 30 heavy (non-hydrogen) atoms. The zero-order chi connectivity index (χ0) is 21.4. The Morgan fingerprint density at radius 1 is 1.03 bits per heavy atom. The number of allylic oxidation sites excluding steroid dienone is 2. The first-order chi connectivity index (χ1) is 14.5. The van der Waals surface area contributed by atoms with Crippen LogP contribution in [0.3, 0.4) is 0 Å². The van der Waals surface area contributed by atoms with Crippen LogP contribution in [0.25, 0.3) is 5.57 Å². The summed E-state index contributed by atoms with van der Waals surface area (Å²) in [5.41, 5.74) is 8.39. The minimum Gasteiger partial charge on any atom is -0.380 e. The lowest BCUT2D eigenvalue weighted by Crippen LogP contribution is -2.42. The van der Waals surface area contributed by atoms with Gasteiger partial charge in [-0.05, 0) is 47.6 Å². The van der Waals surface area contributed by atoms with Gasteiger partial charge in [0.05, 0.1) is 11.4 Å². The highest BCUT2D eigenvalue weighted by Crippen LogP contribution is 2.31. The van der Waals surface area contributed by atoms with E-state index in [1.165, 1.54) is 67.9 Å². The maximum absolute atomic E-state index is 12.9. The molecular formula is C23H32F3N3S. The first kappa shape index (κ1) is 22.9. The van der Waals surface area contributed by atoms with Crippen LogP contribution in [0.5, 0.6) is 0 Å². The van der Waals surface area contributed by atoms with Crippen molar-refractivity contribution in [2.24, 2.45) is 0 Å². The van der Waals surface area contributed by atoms with E-state index >= 15 is 0 Å². The Morgan fingerprint density at radius 2 is 1.77 bits per heavy atom. The summed E-state index contributed by atoms with van der Waals surface area (Å²) in [5, 5.41) is 5.29. The Morgan fingerprint density at radius 3 is 2.47 bits per heavy atom. The van der Waals surface area contributed by atoms with Crippen LogP contribution in [0, 0.1) is 0 Å². The number of alkyl halides is 3. The molecule has 0 saturated carbocycles. The smallest absolute Gasteiger partial charge is 0.380 e. The van der Waals surface area contributed by atoms with Crippen LogP contribution in [-0.4, -0.2) is 18.8 Å². The lowest BCUT2D eigenvalue weighted by molar-refractivity contribution is -0.144. The summed E-state index contributed by atoms with van der Waals surface area (Å²) in [4.78, 5) is 1.37. The van der Waals surface area contributed by atoms with E-state index in [-0.39, 0.29) is 0 Å². The second-order valence-electron chi connectivity index (χ2n) is 7.95. The number of halogens is 3. The second kappa shape index (κ2) is 11.0. The molecule has 3 rings (SSSR count). The highest BCUT2D eigenvalue weighted by Gasteiger charge is 2.41. The van der Waals surface area contributed by atoms with Crippen molar-refractivity contribution in [3.63, 3.8) is 0 Å². The predicted octanol–water partition coefficient (Wildman–Crippen LogP) is 6.22. The fraction of sp³-hybridized carbons (Fsp3) is 0.565. The molecule has 166 valence electrons. The van der Waals surface area contributed by atoms with E-state index in [2.05, 4.69) is 40.6 Å². The molecule has 1 atom stereocenters. The van der Waals surface area contributed by atoms with Gasteiger partial charge in [0.2, 0.25) is 0 Å². The van der Waals surface area contributed by atoms with Gasteiger partial charge < -0.3 is 10.7 Å². The van der Waals surface area contributed by atoms with Crippen LogP contribution >= 0.6 is 11.3 Å². The molecule has 0 aliphatic carbocycles. The van der Waals surface area contributed by atoms with Crippen molar-refractivity contribution >= 4 is 16.9 Å². The summed E-state index contributed by atoms with van der Waals surface area (Å²) < 4.78 is 38.7. The Kier molecular flexibility index (Phi) is 8.45. The van der Waals surface area contributed by atoms with Crippen LogP contribution < -0.4 is 16.2 Å². The molecule has 7 heteroatoms. The van der Waals surface area contributed by atoms with Gasteiger partial charge in [-0.25, -0.2) is 5.43 Å². The topological polar surface area (TPSA) is 36.1 Å². The van der Waals surface area contributed by atoms with E-state index < -0.39 is 12.2 Å². The van der Waals surface area contributed by atoms with Crippen molar-refractivity contribution in [1.82, 2.24) is 16.2 Å². The van der Waals surface area contributed by atoms with Gasteiger partial charge in [-0.3, -0.25) is 0 Å². The number of hydrogen-bond acceptors (Lipinski definition) is 4. The standard InChI is InChI=1S/C23H32F3N3S/c1-2-3-4-5-6-7-8-9-10-21-18(12-14-30-21)17-11-13-27-19(15-17)20-16-22(29-28-20)23(24,25)26/h11-12,14-16,22,27-29H,2-10,13H2,1H3. The van der Waals surface area contributed by atoms with Gasteiger partial charge in [-0.15, -0.1) is 11.3 Å². The molecule has 1 aromatic rings. The first-order valence-electron chi connectivity index (χ1n) is 11.0. The number of hydrazine groups is 1. The van der Waals surface area contributed by atoms with E-state index in [1.807, 2.05) is 6.08 Å². The van der Waals surface area contributed by atoms with E-state index in [9.17, 15) is 13.2 Å².